The topological polar surface area (TPSA) is 75.6 Å². The Hall–Kier alpha value is -1.66. The molecule has 1 aliphatic rings. The molecule has 1 aromatic rings. The van der Waals surface area contributed by atoms with Crippen molar-refractivity contribution in [1.82, 2.24) is 5.32 Å². The van der Waals surface area contributed by atoms with Crippen LogP contribution in [-0.4, -0.2) is 29.7 Å². The summed E-state index contributed by atoms with van der Waals surface area (Å²) in [5, 5.41) is 11.5. The number of carboxylic acid groups (broad SMARTS) is 1. The standard InChI is InChI=1S/C14H15ClFNO4/c15-10-4-3-8(6-11(10)16)13(14(19)20)17-12(18)7-9-2-1-5-21-9/h3-4,6,9,13H,1-2,5,7H2,(H,17,18)(H,19,20). The van der Waals surface area contributed by atoms with Crippen LogP contribution >= 0.6 is 11.6 Å². The monoisotopic (exact) mass is 315 g/mol. The van der Waals surface area contributed by atoms with Crippen molar-refractivity contribution in [2.24, 2.45) is 0 Å². The number of aliphatic carboxylic acids is 1. The summed E-state index contributed by atoms with van der Waals surface area (Å²) in [4.78, 5) is 23.1. The van der Waals surface area contributed by atoms with Crippen molar-refractivity contribution < 1.29 is 23.8 Å². The molecule has 1 aliphatic heterocycles. The highest BCUT2D eigenvalue weighted by atomic mass is 35.5. The van der Waals surface area contributed by atoms with Crippen molar-refractivity contribution in [3.8, 4) is 0 Å². The maximum absolute atomic E-state index is 13.4. The fraction of sp³-hybridized carbons (Fsp3) is 0.429. The van der Waals surface area contributed by atoms with Crippen LogP contribution in [0, 0.1) is 5.82 Å². The zero-order valence-corrected chi connectivity index (χ0v) is 11.9. The largest absolute Gasteiger partial charge is 0.479 e. The summed E-state index contributed by atoms with van der Waals surface area (Å²) >= 11 is 5.56. The van der Waals surface area contributed by atoms with Crippen LogP contribution in [0.3, 0.4) is 0 Å². The normalized spacial score (nSPS) is 19.2. The summed E-state index contributed by atoms with van der Waals surface area (Å²) in [6, 6.07) is 2.32. The fourth-order valence-corrected chi connectivity index (χ4v) is 2.33. The molecule has 0 saturated carbocycles. The number of carbonyl (C=O) groups is 2. The summed E-state index contributed by atoms with van der Waals surface area (Å²) in [6.45, 7) is 0.614. The van der Waals surface area contributed by atoms with E-state index < -0.39 is 23.7 Å². The second kappa shape index (κ2) is 6.87. The Morgan fingerprint density at radius 1 is 1.52 bits per heavy atom. The lowest BCUT2D eigenvalue weighted by atomic mass is 10.1. The third-order valence-electron chi connectivity index (χ3n) is 3.27. The van der Waals surface area contributed by atoms with Gasteiger partial charge in [0.2, 0.25) is 5.91 Å². The fourth-order valence-electron chi connectivity index (χ4n) is 2.21. The van der Waals surface area contributed by atoms with Crippen molar-refractivity contribution in [2.45, 2.75) is 31.4 Å². The molecule has 114 valence electrons. The first-order valence-electron chi connectivity index (χ1n) is 6.56. The van der Waals surface area contributed by atoms with Gasteiger partial charge in [-0.25, -0.2) is 9.18 Å². The van der Waals surface area contributed by atoms with Gasteiger partial charge in [-0.3, -0.25) is 4.79 Å². The number of halogens is 2. The zero-order chi connectivity index (χ0) is 15.4. The highest BCUT2D eigenvalue weighted by Crippen LogP contribution is 2.21. The van der Waals surface area contributed by atoms with Crippen LogP contribution in [0.25, 0.3) is 0 Å². The van der Waals surface area contributed by atoms with Gasteiger partial charge in [-0.15, -0.1) is 0 Å². The number of hydrogen-bond acceptors (Lipinski definition) is 3. The summed E-state index contributed by atoms with van der Waals surface area (Å²) in [7, 11) is 0. The van der Waals surface area contributed by atoms with E-state index >= 15 is 0 Å². The van der Waals surface area contributed by atoms with Crippen LogP contribution in [0.15, 0.2) is 18.2 Å². The molecule has 2 N–H and O–H groups in total. The predicted molar refractivity (Wildman–Crippen MR) is 73.5 cm³/mol. The average molecular weight is 316 g/mol. The van der Waals surface area contributed by atoms with Crippen LogP contribution in [0.4, 0.5) is 4.39 Å². The molecule has 1 saturated heterocycles. The van der Waals surface area contributed by atoms with E-state index in [1.165, 1.54) is 12.1 Å². The van der Waals surface area contributed by atoms with E-state index in [4.69, 9.17) is 16.3 Å². The van der Waals surface area contributed by atoms with Gasteiger partial charge in [-0.1, -0.05) is 17.7 Å². The first-order chi connectivity index (χ1) is 9.97. The van der Waals surface area contributed by atoms with E-state index in [0.717, 1.165) is 18.9 Å². The van der Waals surface area contributed by atoms with Crippen molar-refractivity contribution >= 4 is 23.5 Å². The quantitative estimate of drug-likeness (QED) is 0.874. The van der Waals surface area contributed by atoms with Crippen LogP contribution in [0.5, 0.6) is 0 Å². The lowest BCUT2D eigenvalue weighted by Crippen LogP contribution is -2.35. The summed E-state index contributed by atoms with van der Waals surface area (Å²) in [6.07, 6.45) is 1.59. The van der Waals surface area contributed by atoms with E-state index in [1.54, 1.807) is 0 Å². The van der Waals surface area contributed by atoms with E-state index in [-0.39, 0.29) is 23.1 Å². The molecular formula is C14H15ClFNO4. The highest BCUT2D eigenvalue weighted by Gasteiger charge is 2.25. The molecule has 1 heterocycles. The van der Waals surface area contributed by atoms with E-state index in [0.29, 0.717) is 6.61 Å². The van der Waals surface area contributed by atoms with Gasteiger partial charge < -0.3 is 15.2 Å². The maximum atomic E-state index is 13.4. The van der Waals surface area contributed by atoms with Gasteiger partial charge in [0.1, 0.15) is 5.82 Å². The van der Waals surface area contributed by atoms with Gasteiger partial charge in [0.05, 0.1) is 17.5 Å². The molecular weight excluding hydrogens is 301 g/mol. The first kappa shape index (κ1) is 15.7. The van der Waals surface area contributed by atoms with Gasteiger partial charge in [0.25, 0.3) is 0 Å². The molecule has 0 spiro atoms. The molecule has 0 aromatic heterocycles. The number of hydrogen-bond donors (Lipinski definition) is 2. The van der Waals surface area contributed by atoms with Crippen molar-refractivity contribution in [2.75, 3.05) is 6.61 Å². The van der Waals surface area contributed by atoms with Gasteiger partial charge in [0, 0.05) is 6.61 Å². The molecule has 1 fully saturated rings. The summed E-state index contributed by atoms with van der Waals surface area (Å²) in [5.41, 5.74) is 0.130. The highest BCUT2D eigenvalue weighted by molar-refractivity contribution is 6.30. The molecule has 5 nitrogen and oxygen atoms in total. The number of carbonyl (C=O) groups excluding carboxylic acids is 1. The van der Waals surface area contributed by atoms with E-state index in [2.05, 4.69) is 5.32 Å². The van der Waals surface area contributed by atoms with Gasteiger partial charge in [-0.2, -0.15) is 0 Å². The Bertz CT molecular complexity index is 546. The average Bonchev–Trinajstić information content (AvgIpc) is 2.92. The Labute approximate surface area is 126 Å². The minimum Gasteiger partial charge on any atom is -0.479 e. The lowest BCUT2D eigenvalue weighted by molar-refractivity contribution is -0.142. The van der Waals surface area contributed by atoms with Crippen molar-refractivity contribution in [1.29, 1.82) is 0 Å². The number of nitrogens with one attached hydrogen (secondary N) is 1. The zero-order valence-electron chi connectivity index (χ0n) is 11.1. The Morgan fingerprint density at radius 2 is 2.29 bits per heavy atom. The van der Waals surface area contributed by atoms with Crippen LogP contribution in [0.1, 0.15) is 30.9 Å². The molecule has 0 aliphatic carbocycles. The van der Waals surface area contributed by atoms with Crippen LogP contribution in [-0.2, 0) is 14.3 Å². The predicted octanol–water partition coefficient (Wildman–Crippen LogP) is 2.29. The minimum atomic E-state index is -1.31. The number of amides is 1. The van der Waals surface area contributed by atoms with E-state index in [1.807, 2.05) is 0 Å². The number of rotatable bonds is 5. The SMILES string of the molecule is O=C(CC1CCCO1)NC(C(=O)O)c1ccc(Cl)c(F)c1. The number of carboxylic acids is 1. The maximum Gasteiger partial charge on any atom is 0.330 e. The number of ether oxygens (including phenoxy) is 1. The molecule has 7 heteroatoms. The number of benzene rings is 1. The van der Waals surface area contributed by atoms with Crippen molar-refractivity contribution in [3.63, 3.8) is 0 Å². The summed E-state index contributed by atoms with van der Waals surface area (Å²) < 4.78 is 18.7. The van der Waals surface area contributed by atoms with Gasteiger partial charge in [0.15, 0.2) is 6.04 Å². The Kier molecular flexibility index (Phi) is 5.14. The van der Waals surface area contributed by atoms with Crippen LogP contribution in [0.2, 0.25) is 5.02 Å². The molecule has 2 atom stereocenters. The second-order valence-corrected chi connectivity index (χ2v) is 5.26. The minimum absolute atomic E-state index is 0.0971. The van der Waals surface area contributed by atoms with Gasteiger partial charge in [-0.05, 0) is 30.5 Å². The van der Waals surface area contributed by atoms with E-state index in [9.17, 15) is 19.1 Å². The second-order valence-electron chi connectivity index (χ2n) is 4.85. The molecule has 1 amide bonds. The molecule has 0 radical (unpaired) electrons. The smallest absolute Gasteiger partial charge is 0.330 e. The van der Waals surface area contributed by atoms with Crippen molar-refractivity contribution in [3.05, 3.63) is 34.6 Å². The third kappa shape index (κ3) is 4.15. The molecule has 21 heavy (non-hydrogen) atoms. The molecule has 2 unspecified atom stereocenters. The van der Waals surface area contributed by atoms with Gasteiger partial charge >= 0.3 is 5.97 Å². The van der Waals surface area contributed by atoms with Crippen LogP contribution < -0.4 is 5.32 Å². The Morgan fingerprint density at radius 3 is 2.86 bits per heavy atom. The molecule has 2 rings (SSSR count). The lowest BCUT2D eigenvalue weighted by Gasteiger charge is -2.16. The first-order valence-corrected chi connectivity index (χ1v) is 6.94. The molecule has 1 aromatic carbocycles. The Balaban J connectivity index is 2.06. The molecule has 0 bridgehead atoms. The summed E-state index contributed by atoms with van der Waals surface area (Å²) in [5.74, 6) is -2.43. The third-order valence-corrected chi connectivity index (χ3v) is 3.57.